The fraction of sp³-hybridized carbons (Fsp3) is 0.409. The smallest absolute Gasteiger partial charge is 0.250 e. The number of carbonyl (C=O) groups excluding carboxylic acids is 2. The van der Waals surface area contributed by atoms with Crippen LogP contribution in [0.25, 0.3) is 11.3 Å². The average molecular weight is 380 g/mol. The lowest BCUT2D eigenvalue weighted by atomic mass is 10.1. The number of nitrogens with two attached hydrogens (primary N) is 1. The normalized spacial score (nSPS) is 14.2. The minimum atomic E-state index is -0.469. The number of rotatable bonds is 8. The van der Waals surface area contributed by atoms with Gasteiger partial charge in [-0.25, -0.2) is 0 Å². The van der Waals surface area contributed by atoms with Crippen molar-refractivity contribution in [1.29, 1.82) is 0 Å². The lowest BCUT2D eigenvalue weighted by molar-refractivity contribution is -0.121. The number of carbonyl (C=O) groups is 2. The number of amides is 2. The molecule has 0 radical (unpaired) electrons. The Morgan fingerprint density at radius 1 is 1.11 bits per heavy atom. The predicted molar refractivity (Wildman–Crippen MR) is 110 cm³/mol. The summed E-state index contributed by atoms with van der Waals surface area (Å²) in [6.07, 6.45) is 4.06. The summed E-state index contributed by atoms with van der Waals surface area (Å²) in [5.41, 5.74) is 9.18. The number of primary amides is 1. The van der Waals surface area contributed by atoms with E-state index in [9.17, 15) is 9.59 Å². The van der Waals surface area contributed by atoms with E-state index in [0.29, 0.717) is 24.2 Å². The molecule has 3 N–H and O–H groups in total. The first-order chi connectivity index (χ1) is 13.5. The molecule has 28 heavy (non-hydrogen) atoms. The van der Waals surface area contributed by atoms with Crippen molar-refractivity contribution < 1.29 is 9.59 Å². The minimum Gasteiger partial charge on any atom is -0.366 e. The molecule has 1 aromatic heterocycles. The van der Waals surface area contributed by atoms with Crippen LogP contribution in [0.3, 0.4) is 0 Å². The lowest BCUT2D eigenvalue weighted by Crippen LogP contribution is -2.25. The van der Waals surface area contributed by atoms with Gasteiger partial charge in [-0.15, -0.1) is 0 Å². The molecule has 0 bridgehead atoms. The van der Waals surface area contributed by atoms with Crippen molar-refractivity contribution in [1.82, 2.24) is 15.2 Å². The van der Waals surface area contributed by atoms with Crippen LogP contribution in [0.5, 0.6) is 0 Å². The highest BCUT2D eigenvalue weighted by Gasteiger charge is 2.12. The molecule has 0 aliphatic carbocycles. The molecule has 0 unspecified atom stereocenters. The molecule has 0 saturated carbocycles. The van der Waals surface area contributed by atoms with Crippen molar-refractivity contribution in [2.75, 3.05) is 19.6 Å². The van der Waals surface area contributed by atoms with Crippen LogP contribution in [0, 0.1) is 6.92 Å². The maximum absolute atomic E-state index is 12.0. The van der Waals surface area contributed by atoms with Crippen LogP contribution in [-0.4, -0.2) is 41.3 Å². The van der Waals surface area contributed by atoms with Crippen LogP contribution >= 0.6 is 0 Å². The molecule has 0 spiro atoms. The third kappa shape index (κ3) is 5.39. The molecule has 2 aromatic rings. The zero-order valence-corrected chi connectivity index (χ0v) is 16.4. The number of aryl methyl sites for hydroxylation is 1. The largest absolute Gasteiger partial charge is 0.366 e. The van der Waals surface area contributed by atoms with E-state index in [1.807, 2.05) is 24.3 Å². The first kappa shape index (κ1) is 20.0. The summed E-state index contributed by atoms with van der Waals surface area (Å²) in [7, 11) is 0. The minimum absolute atomic E-state index is 0.0996. The molecule has 148 valence electrons. The summed E-state index contributed by atoms with van der Waals surface area (Å²) in [5, 5.41) is 2.99. The molecule has 1 saturated heterocycles. The van der Waals surface area contributed by atoms with E-state index in [1.165, 1.54) is 25.9 Å². The van der Waals surface area contributed by atoms with Gasteiger partial charge in [-0.2, -0.15) is 0 Å². The maximum atomic E-state index is 12.0. The molecule has 2 heterocycles. The third-order valence-electron chi connectivity index (χ3n) is 5.17. The van der Waals surface area contributed by atoms with Gasteiger partial charge in [-0.3, -0.25) is 14.6 Å². The van der Waals surface area contributed by atoms with Crippen molar-refractivity contribution >= 4 is 11.8 Å². The Labute approximate surface area is 166 Å². The molecule has 6 nitrogen and oxygen atoms in total. The van der Waals surface area contributed by atoms with Crippen molar-refractivity contribution in [2.45, 2.75) is 39.2 Å². The summed E-state index contributed by atoms with van der Waals surface area (Å²) >= 11 is 0. The summed E-state index contributed by atoms with van der Waals surface area (Å²) < 4.78 is 0. The highest BCUT2D eigenvalue weighted by atomic mass is 16.1. The van der Waals surface area contributed by atoms with E-state index in [1.54, 1.807) is 19.1 Å². The average Bonchev–Trinajstić information content (AvgIpc) is 3.20. The number of likely N-dealkylation sites (tertiary alicyclic amines) is 1. The van der Waals surface area contributed by atoms with Gasteiger partial charge in [0.2, 0.25) is 5.91 Å². The highest BCUT2D eigenvalue weighted by molar-refractivity contribution is 5.94. The number of aromatic nitrogens is 1. The second-order valence-corrected chi connectivity index (χ2v) is 7.32. The number of benzene rings is 1. The number of hydrogen-bond donors (Lipinski definition) is 2. The number of hydrogen-bond acceptors (Lipinski definition) is 4. The Morgan fingerprint density at radius 3 is 2.46 bits per heavy atom. The van der Waals surface area contributed by atoms with E-state index in [-0.39, 0.29) is 5.91 Å². The number of pyridine rings is 1. The highest BCUT2D eigenvalue weighted by Crippen LogP contribution is 2.19. The van der Waals surface area contributed by atoms with Crippen molar-refractivity contribution in [3.05, 3.63) is 53.2 Å². The lowest BCUT2D eigenvalue weighted by Gasteiger charge is -2.13. The van der Waals surface area contributed by atoms with Crippen LogP contribution in [0.1, 0.15) is 47.3 Å². The standard InChI is InChI=1S/C22H28N4O2/c1-16-19(22(23)28)10-11-20(25-16)18-8-6-17(7-9-18)15-24-21(27)5-4-14-26-12-2-3-13-26/h6-11H,2-5,12-15H2,1H3,(H2,23,28)(H,24,27). The number of nitrogens with zero attached hydrogens (tertiary/aromatic N) is 2. The molecule has 0 atom stereocenters. The van der Waals surface area contributed by atoms with E-state index >= 15 is 0 Å². The zero-order chi connectivity index (χ0) is 19.9. The summed E-state index contributed by atoms with van der Waals surface area (Å²) in [6.45, 7) is 5.66. The molecule has 1 fully saturated rings. The summed E-state index contributed by atoms with van der Waals surface area (Å²) in [6, 6.07) is 11.4. The topological polar surface area (TPSA) is 88.3 Å². The van der Waals surface area contributed by atoms with E-state index in [0.717, 1.165) is 29.8 Å². The maximum Gasteiger partial charge on any atom is 0.250 e. The SMILES string of the molecule is Cc1nc(-c2ccc(CNC(=O)CCCN3CCCC3)cc2)ccc1C(N)=O. The Morgan fingerprint density at radius 2 is 1.82 bits per heavy atom. The quantitative estimate of drug-likeness (QED) is 0.737. The van der Waals surface area contributed by atoms with E-state index < -0.39 is 5.91 Å². The van der Waals surface area contributed by atoms with Crippen molar-refractivity contribution in [3.63, 3.8) is 0 Å². The first-order valence-corrected chi connectivity index (χ1v) is 9.89. The Bertz CT molecular complexity index is 827. The predicted octanol–water partition coefficient (Wildman–Crippen LogP) is 2.65. The Balaban J connectivity index is 1.48. The fourth-order valence-corrected chi connectivity index (χ4v) is 3.53. The van der Waals surface area contributed by atoms with Crippen LogP contribution in [0.2, 0.25) is 0 Å². The van der Waals surface area contributed by atoms with Crippen LogP contribution < -0.4 is 11.1 Å². The molecule has 3 rings (SSSR count). The monoisotopic (exact) mass is 380 g/mol. The second-order valence-electron chi connectivity index (χ2n) is 7.32. The molecular formula is C22H28N4O2. The Hall–Kier alpha value is -2.73. The number of nitrogens with one attached hydrogen (secondary N) is 1. The van der Waals surface area contributed by atoms with Crippen molar-refractivity contribution in [3.8, 4) is 11.3 Å². The van der Waals surface area contributed by atoms with E-state index in [2.05, 4.69) is 15.2 Å². The molecule has 1 aliphatic heterocycles. The summed E-state index contributed by atoms with van der Waals surface area (Å²) in [4.78, 5) is 30.2. The third-order valence-corrected chi connectivity index (χ3v) is 5.17. The first-order valence-electron chi connectivity index (χ1n) is 9.89. The van der Waals surface area contributed by atoms with Gasteiger partial charge in [0, 0.05) is 18.5 Å². The molecule has 1 aliphatic rings. The second kappa shape index (κ2) is 9.46. The molecular weight excluding hydrogens is 352 g/mol. The van der Waals surface area contributed by atoms with Crippen LogP contribution in [-0.2, 0) is 11.3 Å². The zero-order valence-electron chi connectivity index (χ0n) is 16.4. The van der Waals surface area contributed by atoms with Gasteiger partial charge < -0.3 is 16.0 Å². The van der Waals surface area contributed by atoms with Gasteiger partial charge in [-0.1, -0.05) is 24.3 Å². The van der Waals surface area contributed by atoms with Gasteiger partial charge in [-0.05, 0) is 63.5 Å². The van der Waals surface area contributed by atoms with E-state index in [4.69, 9.17) is 5.73 Å². The molecule has 6 heteroatoms. The van der Waals surface area contributed by atoms with Crippen LogP contribution in [0.15, 0.2) is 36.4 Å². The van der Waals surface area contributed by atoms with Gasteiger partial charge in [0.25, 0.3) is 5.91 Å². The van der Waals surface area contributed by atoms with Gasteiger partial charge in [0.15, 0.2) is 0 Å². The molecule has 1 aromatic carbocycles. The Kier molecular flexibility index (Phi) is 6.76. The van der Waals surface area contributed by atoms with Crippen molar-refractivity contribution in [2.24, 2.45) is 5.73 Å². The molecule has 2 amide bonds. The van der Waals surface area contributed by atoms with Gasteiger partial charge in [0.1, 0.15) is 0 Å². The van der Waals surface area contributed by atoms with Gasteiger partial charge >= 0.3 is 0 Å². The fourth-order valence-electron chi connectivity index (χ4n) is 3.53. The summed E-state index contributed by atoms with van der Waals surface area (Å²) in [5.74, 6) is -0.370. The van der Waals surface area contributed by atoms with Crippen LogP contribution in [0.4, 0.5) is 0 Å². The van der Waals surface area contributed by atoms with Gasteiger partial charge in [0.05, 0.1) is 17.0 Å².